The van der Waals surface area contributed by atoms with E-state index in [0.717, 1.165) is 0 Å². The van der Waals surface area contributed by atoms with Crippen LogP contribution < -0.4 is 10.5 Å². The van der Waals surface area contributed by atoms with E-state index >= 15 is 0 Å². The van der Waals surface area contributed by atoms with Gasteiger partial charge in [-0.2, -0.15) is 0 Å². The van der Waals surface area contributed by atoms with E-state index in [0.29, 0.717) is 0 Å². The van der Waals surface area contributed by atoms with Crippen molar-refractivity contribution in [3.05, 3.63) is 0 Å². The maximum atomic E-state index is 10.8. The van der Waals surface area contributed by atoms with Crippen LogP contribution in [-0.2, 0) is 13.3 Å². The minimum atomic E-state index is -3.23. The van der Waals surface area contributed by atoms with Gasteiger partial charge in [0.15, 0.2) is 8.32 Å². The molecule has 0 fully saturated rings. The van der Waals surface area contributed by atoms with Gasteiger partial charge in [-0.25, -0.2) is 5.43 Å². The summed E-state index contributed by atoms with van der Waals surface area (Å²) in [6, 6.07) is 0. The van der Waals surface area contributed by atoms with Crippen LogP contribution in [0.4, 0.5) is 0 Å². The van der Waals surface area contributed by atoms with Crippen LogP contribution in [0.2, 0.25) is 64.0 Å². The molecule has 0 heterocycles. The summed E-state index contributed by atoms with van der Waals surface area (Å²) in [5.74, 6) is 0. The van der Waals surface area contributed by atoms with Crippen LogP contribution in [0.5, 0.6) is 0 Å². The fourth-order valence-corrected chi connectivity index (χ4v) is 14.8. The lowest BCUT2D eigenvalue weighted by Gasteiger charge is -2.57. The van der Waals surface area contributed by atoms with E-state index in [2.05, 4.69) is 104 Å². The first-order chi connectivity index (χ1) is 18.2. The average molecular weight is 675 g/mol. The number of hydrazine groups is 1. The van der Waals surface area contributed by atoms with Crippen LogP contribution in [0.3, 0.4) is 0 Å². The third-order valence-corrected chi connectivity index (χ3v) is 23.3. The highest BCUT2D eigenvalue weighted by molar-refractivity contribution is 6.81. The van der Waals surface area contributed by atoms with E-state index in [1.807, 2.05) is 20.4 Å². The predicted molar refractivity (Wildman–Crippen MR) is 179 cm³/mol. The predicted octanol–water partition coefficient (Wildman–Crippen LogP) is 2.53. The Morgan fingerprint density at radius 3 is 1.45 bits per heavy atom. The minimum Gasteiger partial charge on any atom is -0.413 e. The maximum absolute atomic E-state index is 10.8. The molecule has 0 radical (unpaired) electrons. The van der Waals surface area contributed by atoms with Gasteiger partial charge >= 0.3 is 0 Å². The SMILES string of the molecule is CC(C)(O[Si](C)(C)C(C)(C)O[Si](C)(C)C)C(C)(C)[Si](C)(NNC(O)C(O)C(O)C(O)C(O)CO)OC(C)(C)[Si](C)(C)C. The second kappa shape index (κ2) is 14.0. The van der Waals surface area contributed by atoms with Crippen molar-refractivity contribution in [3.8, 4) is 0 Å². The van der Waals surface area contributed by atoms with Gasteiger partial charge in [0, 0.05) is 10.3 Å². The van der Waals surface area contributed by atoms with E-state index in [-0.39, 0.29) is 0 Å². The lowest BCUT2D eigenvalue weighted by Crippen LogP contribution is -2.74. The van der Waals surface area contributed by atoms with Crippen molar-refractivity contribution >= 4 is 33.2 Å². The highest BCUT2D eigenvalue weighted by Crippen LogP contribution is 2.51. The molecular weight excluding hydrogens is 609 g/mol. The molecule has 254 valence electrons. The van der Waals surface area contributed by atoms with Crippen molar-refractivity contribution in [1.82, 2.24) is 10.5 Å². The molecule has 0 aromatic carbocycles. The smallest absolute Gasteiger partial charge is 0.287 e. The highest BCUT2D eigenvalue weighted by atomic mass is 28.4. The van der Waals surface area contributed by atoms with Gasteiger partial charge in [0.05, 0.1) is 25.5 Å². The Kier molecular flexibility index (Phi) is 14.2. The number of hydrogen-bond donors (Lipinski definition) is 8. The van der Waals surface area contributed by atoms with Crippen LogP contribution >= 0.6 is 0 Å². The van der Waals surface area contributed by atoms with Crippen molar-refractivity contribution < 1.29 is 43.9 Å². The Morgan fingerprint density at radius 2 is 1.07 bits per heavy atom. The molecule has 0 rings (SSSR count). The first-order valence-electron chi connectivity index (χ1n) is 14.9. The summed E-state index contributed by atoms with van der Waals surface area (Å²) < 4.78 is 20.8. The second-order valence-electron chi connectivity index (χ2n) is 16.3. The van der Waals surface area contributed by atoms with Gasteiger partial charge in [-0.1, -0.05) is 33.5 Å². The van der Waals surface area contributed by atoms with Crippen LogP contribution in [-0.4, -0.2) is 117 Å². The zero-order valence-electron chi connectivity index (χ0n) is 29.5. The Hall–Kier alpha value is 0.428. The third kappa shape index (κ3) is 10.2. The molecule has 11 nitrogen and oxygen atoms in total. The number of rotatable bonds is 18. The standard InChI is InChI=1S/C27H66N2O9Si4/c1-24(2,36-41(15,16)27(7,8)37-40(12,13)14)25(3,4)42(17,38-26(5,6)39(9,10)11)29-28-23(35)22(34)21(33)20(32)19(31)18-30/h19-23,28-35H,18H2,1-17H3. The zero-order chi connectivity index (χ0) is 34.1. The molecule has 0 bridgehead atoms. The summed E-state index contributed by atoms with van der Waals surface area (Å²) in [6.45, 7) is 35.3. The minimum absolute atomic E-state index is 0.469. The molecule has 0 aromatic heterocycles. The van der Waals surface area contributed by atoms with Gasteiger partial charge in [0.2, 0.25) is 8.32 Å². The van der Waals surface area contributed by atoms with Gasteiger partial charge < -0.3 is 43.9 Å². The summed E-state index contributed by atoms with van der Waals surface area (Å²) in [6.07, 6.45) is -9.13. The Balaban J connectivity index is 6.54. The van der Waals surface area contributed by atoms with Crippen molar-refractivity contribution in [2.45, 2.75) is 166 Å². The van der Waals surface area contributed by atoms with E-state index in [9.17, 15) is 25.5 Å². The molecule has 6 unspecified atom stereocenters. The van der Waals surface area contributed by atoms with Gasteiger partial charge in [0.1, 0.15) is 30.6 Å². The molecule has 0 spiro atoms. The molecule has 0 aliphatic rings. The van der Waals surface area contributed by atoms with E-state index in [1.165, 1.54) is 0 Å². The van der Waals surface area contributed by atoms with E-state index in [1.54, 1.807) is 0 Å². The van der Waals surface area contributed by atoms with Crippen molar-refractivity contribution in [2.75, 3.05) is 6.61 Å². The molecule has 8 N–H and O–H groups in total. The quantitative estimate of drug-likeness (QED) is 0.0610. The first-order valence-corrected chi connectivity index (χ1v) is 27.1. The molecule has 0 saturated carbocycles. The molecular formula is C27H66N2O9Si4. The molecule has 0 aliphatic heterocycles. The molecule has 15 heteroatoms. The summed E-state index contributed by atoms with van der Waals surface area (Å²) in [5, 5.41) is 62.1. The van der Waals surface area contributed by atoms with Gasteiger partial charge in [0.25, 0.3) is 8.48 Å². The third-order valence-electron chi connectivity index (χ3n) is 9.55. The van der Waals surface area contributed by atoms with Gasteiger partial charge in [-0.05, 0) is 80.8 Å². The molecule has 42 heavy (non-hydrogen) atoms. The van der Waals surface area contributed by atoms with Crippen molar-refractivity contribution in [3.63, 3.8) is 0 Å². The molecule has 0 saturated heterocycles. The Morgan fingerprint density at radius 1 is 0.619 bits per heavy atom. The van der Waals surface area contributed by atoms with Crippen LogP contribution in [0.25, 0.3) is 0 Å². The van der Waals surface area contributed by atoms with Crippen LogP contribution in [0.1, 0.15) is 55.4 Å². The molecule has 6 atom stereocenters. The van der Waals surface area contributed by atoms with Crippen LogP contribution in [0, 0.1) is 0 Å². The molecule has 0 aromatic rings. The lowest BCUT2D eigenvalue weighted by atomic mass is 9.94. The van der Waals surface area contributed by atoms with E-state index in [4.69, 9.17) is 18.4 Å². The fourth-order valence-electron chi connectivity index (χ4n) is 4.35. The number of nitrogens with one attached hydrogen (secondary N) is 2. The first kappa shape index (κ1) is 42.4. The lowest BCUT2D eigenvalue weighted by molar-refractivity contribution is -0.146. The summed E-state index contributed by atoms with van der Waals surface area (Å²) >= 11 is 0. The average Bonchev–Trinajstić information content (AvgIpc) is 2.76. The van der Waals surface area contributed by atoms with Gasteiger partial charge in [-0.15, -0.1) is 0 Å². The van der Waals surface area contributed by atoms with E-state index < -0.39 is 91.5 Å². The Labute approximate surface area is 259 Å². The monoisotopic (exact) mass is 674 g/mol. The summed E-state index contributed by atoms with van der Waals surface area (Å²) in [5.41, 5.74) is 1.97. The van der Waals surface area contributed by atoms with Crippen molar-refractivity contribution in [1.29, 1.82) is 0 Å². The molecule has 0 amide bonds. The summed E-state index contributed by atoms with van der Waals surface area (Å²) in [7, 11) is -9.53. The number of hydrogen-bond acceptors (Lipinski definition) is 11. The fraction of sp³-hybridized carbons (Fsp3) is 1.00. The number of aliphatic hydroxyl groups excluding tert-OH is 6. The molecule has 0 aliphatic carbocycles. The van der Waals surface area contributed by atoms with Crippen LogP contribution in [0.15, 0.2) is 0 Å². The number of aliphatic hydroxyl groups is 6. The highest BCUT2D eigenvalue weighted by Gasteiger charge is 2.61. The normalized spacial score (nSPS) is 20.1. The Bertz CT molecular complexity index is 864. The zero-order valence-corrected chi connectivity index (χ0v) is 33.5. The summed E-state index contributed by atoms with van der Waals surface area (Å²) in [4.78, 5) is 0. The largest absolute Gasteiger partial charge is 0.413 e. The van der Waals surface area contributed by atoms with Gasteiger partial charge in [-0.3, -0.25) is 5.09 Å². The van der Waals surface area contributed by atoms with Crippen molar-refractivity contribution in [2.24, 2.45) is 0 Å². The maximum Gasteiger partial charge on any atom is 0.287 e. The topological polar surface area (TPSA) is 173 Å². The second-order valence-corrected chi connectivity index (χ2v) is 34.6.